The predicted molar refractivity (Wildman–Crippen MR) is 116 cm³/mol. The highest BCUT2D eigenvalue weighted by Crippen LogP contribution is 2.29. The van der Waals surface area contributed by atoms with Gasteiger partial charge in [0.1, 0.15) is 11.9 Å². The summed E-state index contributed by atoms with van der Waals surface area (Å²) in [5.41, 5.74) is 5.53. The van der Waals surface area contributed by atoms with Gasteiger partial charge in [-0.15, -0.1) is 11.3 Å². The Labute approximate surface area is 173 Å². The van der Waals surface area contributed by atoms with Crippen molar-refractivity contribution in [1.29, 1.82) is 5.26 Å². The lowest BCUT2D eigenvalue weighted by Crippen LogP contribution is -2.46. The van der Waals surface area contributed by atoms with Crippen LogP contribution in [-0.4, -0.2) is 45.4 Å². The van der Waals surface area contributed by atoms with Gasteiger partial charge < -0.3 is 4.90 Å². The van der Waals surface area contributed by atoms with E-state index in [0.29, 0.717) is 5.56 Å². The molecule has 0 amide bonds. The molecular formula is C22H22N6S. The van der Waals surface area contributed by atoms with Crippen molar-refractivity contribution < 1.29 is 0 Å². The van der Waals surface area contributed by atoms with Crippen LogP contribution >= 0.6 is 11.3 Å². The second-order valence-electron chi connectivity index (χ2n) is 7.55. The number of piperazine rings is 1. The van der Waals surface area contributed by atoms with Crippen LogP contribution in [0.3, 0.4) is 0 Å². The minimum Gasteiger partial charge on any atom is -0.355 e. The van der Waals surface area contributed by atoms with Crippen LogP contribution in [0.4, 0.5) is 5.82 Å². The van der Waals surface area contributed by atoms with Crippen molar-refractivity contribution in [2.24, 2.45) is 0 Å². The summed E-state index contributed by atoms with van der Waals surface area (Å²) in [5, 5.41) is 13.0. The fourth-order valence-electron chi connectivity index (χ4n) is 4.15. The van der Waals surface area contributed by atoms with E-state index in [-0.39, 0.29) is 0 Å². The number of aryl methyl sites for hydroxylation is 2. The third kappa shape index (κ3) is 3.15. The lowest BCUT2D eigenvalue weighted by atomic mass is 10.1. The molecule has 0 atom stereocenters. The number of anilines is 1. The number of imidazole rings is 1. The second-order valence-corrected chi connectivity index (χ2v) is 8.62. The Morgan fingerprint density at radius 3 is 2.62 bits per heavy atom. The molecule has 1 saturated heterocycles. The van der Waals surface area contributed by atoms with E-state index >= 15 is 0 Å². The highest BCUT2D eigenvalue weighted by Gasteiger charge is 2.23. The van der Waals surface area contributed by atoms with Gasteiger partial charge in [0.05, 0.1) is 27.3 Å². The highest BCUT2D eigenvalue weighted by molar-refractivity contribution is 7.09. The predicted octanol–water partition coefficient (Wildman–Crippen LogP) is 3.75. The quantitative estimate of drug-likeness (QED) is 0.522. The number of aromatic nitrogens is 3. The number of hydrogen-bond acceptors (Lipinski definition) is 6. The van der Waals surface area contributed by atoms with Gasteiger partial charge in [0.2, 0.25) is 0 Å². The second kappa shape index (κ2) is 7.14. The van der Waals surface area contributed by atoms with E-state index in [1.807, 2.05) is 25.1 Å². The minimum atomic E-state index is 0.655. The summed E-state index contributed by atoms with van der Waals surface area (Å²) in [5.74, 6) is 1.12. The molecule has 0 spiro atoms. The molecule has 0 aliphatic carbocycles. The number of nitriles is 1. The molecule has 4 heterocycles. The fraction of sp³-hybridized carbons (Fsp3) is 0.318. The smallest absolute Gasteiger partial charge is 0.157 e. The maximum Gasteiger partial charge on any atom is 0.157 e. The monoisotopic (exact) mass is 402 g/mol. The van der Waals surface area contributed by atoms with Crippen molar-refractivity contribution in [3.05, 3.63) is 57.5 Å². The Morgan fingerprint density at radius 1 is 1.10 bits per heavy atom. The summed E-state index contributed by atoms with van der Waals surface area (Å²) in [6, 6.07) is 12.6. The molecular weight excluding hydrogens is 380 g/mol. The molecule has 1 aromatic carbocycles. The molecule has 3 aromatic heterocycles. The van der Waals surface area contributed by atoms with Crippen molar-refractivity contribution in [2.75, 3.05) is 31.1 Å². The van der Waals surface area contributed by atoms with E-state index in [0.717, 1.165) is 71.5 Å². The zero-order valence-electron chi connectivity index (χ0n) is 16.6. The van der Waals surface area contributed by atoms with E-state index in [1.54, 1.807) is 11.3 Å². The van der Waals surface area contributed by atoms with Crippen molar-refractivity contribution in [3.63, 3.8) is 0 Å². The van der Waals surface area contributed by atoms with Gasteiger partial charge in [0.25, 0.3) is 0 Å². The van der Waals surface area contributed by atoms with Crippen LogP contribution in [0.2, 0.25) is 0 Å². The first-order valence-corrected chi connectivity index (χ1v) is 10.7. The zero-order chi connectivity index (χ0) is 20.0. The van der Waals surface area contributed by atoms with Crippen LogP contribution in [0.1, 0.15) is 21.8 Å². The summed E-state index contributed by atoms with van der Waals surface area (Å²) in [6.45, 7) is 8.83. The Kier molecular flexibility index (Phi) is 4.46. The van der Waals surface area contributed by atoms with Crippen LogP contribution in [0, 0.1) is 25.2 Å². The zero-order valence-corrected chi connectivity index (χ0v) is 17.4. The minimum absolute atomic E-state index is 0.655. The summed E-state index contributed by atoms with van der Waals surface area (Å²) in [7, 11) is 0. The molecule has 5 rings (SSSR count). The molecule has 0 N–H and O–H groups in total. The summed E-state index contributed by atoms with van der Waals surface area (Å²) >= 11 is 1.71. The van der Waals surface area contributed by atoms with Gasteiger partial charge >= 0.3 is 0 Å². The maximum absolute atomic E-state index is 9.69. The third-order valence-electron chi connectivity index (χ3n) is 5.61. The molecule has 146 valence electrons. The van der Waals surface area contributed by atoms with Crippen molar-refractivity contribution in [1.82, 2.24) is 19.3 Å². The summed E-state index contributed by atoms with van der Waals surface area (Å²) in [6.07, 6.45) is 0. The summed E-state index contributed by atoms with van der Waals surface area (Å²) in [4.78, 5) is 14.3. The lowest BCUT2D eigenvalue weighted by Gasteiger charge is -2.36. The van der Waals surface area contributed by atoms with Crippen molar-refractivity contribution in [3.8, 4) is 6.07 Å². The number of fused-ring (bicyclic) bond motifs is 3. The Hall–Kier alpha value is -2.95. The van der Waals surface area contributed by atoms with Gasteiger partial charge in [-0.1, -0.05) is 12.1 Å². The highest BCUT2D eigenvalue weighted by atomic mass is 32.1. The number of rotatable bonds is 3. The van der Waals surface area contributed by atoms with Crippen LogP contribution in [0.15, 0.2) is 35.7 Å². The van der Waals surface area contributed by atoms with Gasteiger partial charge in [0, 0.05) is 38.1 Å². The molecule has 4 aromatic rings. The molecule has 1 fully saturated rings. The molecule has 0 unspecified atom stereocenters. The van der Waals surface area contributed by atoms with Gasteiger partial charge in [0.15, 0.2) is 5.65 Å². The number of hydrogen-bond donors (Lipinski definition) is 0. The average molecular weight is 403 g/mol. The standard InChI is InChI=1S/C22H22N6S/c1-15-11-21(27-9-7-26(8-10-27)13-17-14-29-16(2)24-17)28-20-6-4-3-5-19(20)25-22(28)18(15)12-23/h3-6,11,14H,7-10,13H2,1-2H3. The molecule has 1 aliphatic heterocycles. The average Bonchev–Trinajstić information content (AvgIpc) is 3.31. The third-order valence-corrected chi connectivity index (χ3v) is 6.44. The van der Waals surface area contributed by atoms with E-state index in [4.69, 9.17) is 4.98 Å². The van der Waals surface area contributed by atoms with Gasteiger partial charge in [-0.2, -0.15) is 5.26 Å². The normalized spacial score (nSPS) is 15.3. The molecule has 29 heavy (non-hydrogen) atoms. The SMILES string of the molecule is Cc1nc(CN2CCN(c3cc(C)c(C#N)c4nc5ccccc5n34)CC2)cs1. The molecule has 0 saturated carbocycles. The first-order chi connectivity index (χ1) is 14.1. The Balaban J connectivity index is 1.48. The van der Waals surface area contributed by atoms with Crippen LogP contribution in [0.25, 0.3) is 16.7 Å². The first kappa shape index (κ1) is 18.1. The van der Waals surface area contributed by atoms with Crippen molar-refractivity contribution in [2.45, 2.75) is 20.4 Å². The molecule has 7 heteroatoms. The number of para-hydroxylation sites is 2. The topological polar surface area (TPSA) is 60.5 Å². The largest absolute Gasteiger partial charge is 0.355 e. The number of pyridine rings is 1. The molecule has 0 bridgehead atoms. The van der Waals surface area contributed by atoms with E-state index in [2.05, 4.69) is 49.7 Å². The fourth-order valence-corrected chi connectivity index (χ4v) is 4.75. The van der Waals surface area contributed by atoms with Gasteiger partial charge in [-0.25, -0.2) is 9.97 Å². The lowest BCUT2D eigenvalue weighted by molar-refractivity contribution is 0.247. The van der Waals surface area contributed by atoms with Crippen LogP contribution < -0.4 is 4.90 Å². The number of nitrogens with zero attached hydrogens (tertiary/aromatic N) is 6. The first-order valence-electron chi connectivity index (χ1n) is 9.83. The molecule has 1 aliphatic rings. The molecule has 6 nitrogen and oxygen atoms in total. The van der Waals surface area contributed by atoms with Crippen LogP contribution in [0.5, 0.6) is 0 Å². The van der Waals surface area contributed by atoms with Gasteiger partial charge in [-0.05, 0) is 37.6 Å². The maximum atomic E-state index is 9.69. The number of thiazole rings is 1. The van der Waals surface area contributed by atoms with Crippen LogP contribution in [-0.2, 0) is 6.54 Å². The van der Waals surface area contributed by atoms with E-state index in [9.17, 15) is 5.26 Å². The molecule has 0 radical (unpaired) electrons. The van der Waals surface area contributed by atoms with Gasteiger partial charge in [-0.3, -0.25) is 9.30 Å². The summed E-state index contributed by atoms with van der Waals surface area (Å²) < 4.78 is 2.15. The Bertz CT molecular complexity index is 1240. The van der Waals surface area contributed by atoms with E-state index < -0.39 is 0 Å². The van der Waals surface area contributed by atoms with Crippen molar-refractivity contribution >= 4 is 33.8 Å². The Morgan fingerprint density at radius 2 is 1.90 bits per heavy atom. The number of benzene rings is 1. The van der Waals surface area contributed by atoms with E-state index in [1.165, 1.54) is 0 Å².